The van der Waals surface area contributed by atoms with Crippen molar-refractivity contribution in [2.45, 2.75) is 32.4 Å². The molecule has 1 saturated heterocycles. The third kappa shape index (κ3) is 1.85. The van der Waals surface area contributed by atoms with E-state index in [2.05, 4.69) is 16.9 Å². The van der Waals surface area contributed by atoms with Gasteiger partial charge in [-0.05, 0) is 24.8 Å². The third-order valence-electron chi connectivity index (χ3n) is 2.34. The van der Waals surface area contributed by atoms with E-state index in [0.717, 1.165) is 13.0 Å². The molecule has 0 aromatic rings. The van der Waals surface area contributed by atoms with Gasteiger partial charge in [-0.1, -0.05) is 12.0 Å². The van der Waals surface area contributed by atoms with E-state index in [4.69, 9.17) is 10.3 Å². The Kier molecular flexibility index (Phi) is 2.74. The summed E-state index contributed by atoms with van der Waals surface area (Å²) >= 11 is 0. The molecule has 11 heavy (non-hydrogen) atoms. The van der Waals surface area contributed by atoms with Crippen LogP contribution in [0.25, 0.3) is 10.4 Å². The quantitative estimate of drug-likeness (QED) is 0.325. The van der Waals surface area contributed by atoms with Crippen molar-refractivity contribution in [1.29, 1.82) is 0 Å². The van der Waals surface area contributed by atoms with Crippen LogP contribution in [-0.2, 0) is 4.74 Å². The molecule has 0 aliphatic carbocycles. The number of azide groups is 1. The smallest absolute Gasteiger partial charge is 0.0576 e. The second-order valence-electron chi connectivity index (χ2n) is 3.00. The molecule has 1 unspecified atom stereocenters. The zero-order chi connectivity index (χ0) is 8.27. The van der Waals surface area contributed by atoms with Crippen molar-refractivity contribution < 1.29 is 4.74 Å². The fraction of sp³-hybridized carbons (Fsp3) is 1.00. The lowest BCUT2D eigenvalue weighted by atomic mass is 9.93. The van der Waals surface area contributed by atoms with Gasteiger partial charge in [0.25, 0.3) is 0 Å². The maximum Gasteiger partial charge on any atom is 0.0576 e. The Balaban J connectivity index is 2.57. The summed E-state index contributed by atoms with van der Waals surface area (Å²) in [4.78, 5) is 2.81. The van der Waals surface area contributed by atoms with Crippen LogP contribution in [-0.4, -0.2) is 18.8 Å². The summed E-state index contributed by atoms with van der Waals surface area (Å²) in [6.07, 6.45) is 1.08. The molecule has 0 spiro atoms. The lowest BCUT2D eigenvalue weighted by molar-refractivity contribution is -0.0180. The molecule has 1 fully saturated rings. The number of nitrogens with zero attached hydrogens (tertiary/aromatic N) is 3. The van der Waals surface area contributed by atoms with Gasteiger partial charge in [-0.3, -0.25) is 0 Å². The molecule has 0 saturated carbocycles. The predicted molar refractivity (Wildman–Crippen MR) is 42.1 cm³/mol. The molecule has 62 valence electrons. The van der Waals surface area contributed by atoms with Gasteiger partial charge in [0.2, 0.25) is 0 Å². The van der Waals surface area contributed by atoms with Crippen LogP contribution in [0, 0.1) is 5.92 Å². The van der Waals surface area contributed by atoms with Crippen LogP contribution < -0.4 is 0 Å². The van der Waals surface area contributed by atoms with Gasteiger partial charge in [-0.25, -0.2) is 0 Å². The SMILES string of the molecule is CC1OCC[C@@H](N=[N+]=[N-])[C@H]1C. The molecule has 1 aliphatic rings. The van der Waals surface area contributed by atoms with Crippen LogP contribution in [0.2, 0.25) is 0 Å². The van der Waals surface area contributed by atoms with Crippen molar-refractivity contribution in [2.75, 3.05) is 6.61 Å². The molecule has 0 radical (unpaired) electrons. The highest BCUT2D eigenvalue weighted by Crippen LogP contribution is 2.23. The largest absolute Gasteiger partial charge is 0.378 e. The summed E-state index contributed by atoms with van der Waals surface area (Å²) in [6.45, 7) is 4.79. The Labute approximate surface area is 66.2 Å². The molecule has 0 aromatic heterocycles. The Morgan fingerprint density at radius 1 is 1.55 bits per heavy atom. The van der Waals surface area contributed by atoms with Crippen molar-refractivity contribution in [2.24, 2.45) is 11.0 Å². The van der Waals surface area contributed by atoms with E-state index in [0.29, 0.717) is 5.92 Å². The maximum atomic E-state index is 8.24. The van der Waals surface area contributed by atoms with Gasteiger partial charge in [-0.15, -0.1) is 0 Å². The van der Waals surface area contributed by atoms with Gasteiger partial charge >= 0.3 is 0 Å². The van der Waals surface area contributed by atoms with E-state index in [9.17, 15) is 0 Å². The number of rotatable bonds is 1. The van der Waals surface area contributed by atoms with E-state index in [1.807, 2.05) is 6.92 Å². The minimum absolute atomic E-state index is 0.128. The average molecular weight is 155 g/mol. The van der Waals surface area contributed by atoms with E-state index in [-0.39, 0.29) is 12.1 Å². The molecule has 4 nitrogen and oxygen atoms in total. The van der Waals surface area contributed by atoms with Gasteiger partial charge in [0, 0.05) is 17.6 Å². The lowest BCUT2D eigenvalue weighted by Crippen LogP contribution is -2.34. The van der Waals surface area contributed by atoms with Crippen molar-refractivity contribution in [3.8, 4) is 0 Å². The Bertz CT molecular complexity index is 177. The number of hydrogen-bond donors (Lipinski definition) is 0. The standard InChI is InChI=1S/C7H13N3O/c1-5-6(2)11-4-3-7(5)9-10-8/h5-7H,3-4H2,1-2H3/t5-,6?,7+/m0/s1. The minimum atomic E-state index is 0.128. The first-order valence-electron chi connectivity index (χ1n) is 3.91. The zero-order valence-corrected chi connectivity index (χ0v) is 6.90. The van der Waals surface area contributed by atoms with Crippen molar-refractivity contribution >= 4 is 0 Å². The second kappa shape index (κ2) is 3.60. The number of hydrogen-bond acceptors (Lipinski definition) is 2. The average Bonchev–Trinajstić information content (AvgIpc) is 1.99. The van der Waals surface area contributed by atoms with Gasteiger partial charge in [0.15, 0.2) is 0 Å². The van der Waals surface area contributed by atoms with Crippen molar-refractivity contribution in [3.05, 3.63) is 10.4 Å². The van der Waals surface area contributed by atoms with Crippen LogP contribution in [0.3, 0.4) is 0 Å². The highest BCUT2D eigenvalue weighted by molar-refractivity contribution is 4.81. The van der Waals surface area contributed by atoms with E-state index >= 15 is 0 Å². The van der Waals surface area contributed by atoms with E-state index in [1.54, 1.807) is 0 Å². The van der Waals surface area contributed by atoms with Crippen LogP contribution in [0.5, 0.6) is 0 Å². The molecule has 1 aliphatic heterocycles. The highest BCUT2D eigenvalue weighted by Gasteiger charge is 2.26. The molecule has 3 atom stereocenters. The highest BCUT2D eigenvalue weighted by atomic mass is 16.5. The molecular weight excluding hydrogens is 142 g/mol. The molecular formula is C7H13N3O. The van der Waals surface area contributed by atoms with Crippen LogP contribution in [0.15, 0.2) is 5.11 Å². The lowest BCUT2D eigenvalue weighted by Gasteiger charge is -2.31. The molecule has 0 bridgehead atoms. The maximum absolute atomic E-state index is 8.24. The van der Waals surface area contributed by atoms with Crippen molar-refractivity contribution in [1.82, 2.24) is 0 Å². The summed E-state index contributed by atoms with van der Waals surface area (Å²) in [5.41, 5.74) is 8.24. The van der Waals surface area contributed by atoms with E-state index < -0.39 is 0 Å². The topological polar surface area (TPSA) is 58.0 Å². The molecule has 4 heteroatoms. The molecule has 1 rings (SSSR count). The summed E-state index contributed by atoms with van der Waals surface area (Å²) in [5, 5.41) is 3.72. The second-order valence-corrected chi connectivity index (χ2v) is 3.00. The van der Waals surface area contributed by atoms with Crippen LogP contribution in [0.1, 0.15) is 20.3 Å². The predicted octanol–water partition coefficient (Wildman–Crippen LogP) is 2.11. The molecule has 1 heterocycles. The summed E-state index contributed by atoms with van der Waals surface area (Å²) in [7, 11) is 0. The van der Waals surface area contributed by atoms with Crippen LogP contribution >= 0.6 is 0 Å². The van der Waals surface area contributed by atoms with Gasteiger partial charge in [0.1, 0.15) is 0 Å². The number of ether oxygens (including phenoxy) is 1. The fourth-order valence-electron chi connectivity index (χ4n) is 1.33. The Morgan fingerprint density at radius 2 is 2.27 bits per heavy atom. The minimum Gasteiger partial charge on any atom is -0.378 e. The normalized spacial score (nSPS) is 37.8. The Hall–Kier alpha value is -0.730. The van der Waals surface area contributed by atoms with Gasteiger partial charge in [-0.2, -0.15) is 0 Å². The van der Waals surface area contributed by atoms with Gasteiger partial charge < -0.3 is 4.74 Å². The van der Waals surface area contributed by atoms with Crippen LogP contribution in [0.4, 0.5) is 0 Å². The monoisotopic (exact) mass is 155 g/mol. The molecule has 0 amide bonds. The first-order valence-corrected chi connectivity index (χ1v) is 3.91. The first-order chi connectivity index (χ1) is 5.25. The van der Waals surface area contributed by atoms with E-state index in [1.165, 1.54) is 0 Å². The molecule has 0 aromatic carbocycles. The van der Waals surface area contributed by atoms with Crippen molar-refractivity contribution in [3.63, 3.8) is 0 Å². The third-order valence-corrected chi connectivity index (χ3v) is 2.34. The summed E-state index contributed by atoms with van der Waals surface area (Å²) in [6, 6.07) is 0.128. The van der Waals surface area contributed by atoms with Gasteiger partial charge in [0.05, 0.1) is 6.10 Å². The first kappa shape index (κ1) is 8.37. The summed E-state index contributed by atoms with van der Waals surface area (Å²) < 4.78 is 5.38. The zero-order valence-electron chi connectivity index (χ0n) is 6.90. The molecule has 0 N–H and O–H groups in total. The fourth-order valence-corrected chi connectivity index (χ4v) is 1.33. The Morgan fingerprint density at radius 3 is 2.91 bits per heavy atom. The summed E-state index contributed by atoms with van der Waals surface area (Å²) in [5.74, 6) is 0.347.